The lowest BCUT2D eigenvalue weighted by atomic mass is 9.56. The van der Waals surface area contributed by atoms with Crippen LogP contribution in [0.15, 0.2) is 95.4 Å². The summed E-state index contributed by atoms with van der Waals surface area (Å²) >= 11 is 0. The predicted molar refractivity (Wildman–Crippen MR) is 224 cm³/mol. The molecule has 1 aromatic heterocycles. The summed E-state index contributed by atoms with van der Waals surface area (Å²) in [5.41, 5.74) is 2.88. The third kappa shape index (κ3) is 5.25. The minimum absolute atomic E-state index is 0.0149. The first kappa shape index (κ1) is 38.7. The highest BCUT2D eigenvalue weighted by Crippen LogP contribution is 2.66. The number of ether oxygens (including phenoxy) is 2. The van der Waals surface area contributed by atoms with Crippen molar-refractivity contribution in [3.8, 4) is 5.75 Å². The minimum atomic E-state index is -2.26. The molecule has 2 spiro atoms. The average molecular weight is 849 g/mol. The number of carbonyl (C=O) groups is 2. The number of fused-ring (bicyclic) bond motifs is 2. The van der Waals surface area contributed by atoms with Gasteiger partial charge in [0.1, 0.15) is 52.0 Å². The zero-order valence-electron chi connectivity index (χ0n) is 32.4. The van der Waals surface area contributed by atoms with Gasteiger partial charge in [0.15, 0.2) is 11.6 Å². The smallest absolute Gasteiger partial charge is 0.229 e. The lowest BCUT2D eigenvalue weighted by Crippen LogP contribution is -2.70. The van der Waals surface area contributed by atoms with Gasteiger partial charge in [0.2, 0.25) is 6.29 Å². The normalized spacial score (nSPS) is 36.0. The summed E-state index contributed by atoms with van der Waals surface area (Å²) in [4.78, 5) is 35.1. The second-order valence-electron chi connectivity index (χ2n) is 17.5. The molecule has 10 atom stereocenters. The van der Waals surface area contributed by atoms with Gasteiger partial charge in [0.05, 0.1) is 24.7 Å². The minimum Gasteiger partial charge on any atom is -0.511 e. The van der Waals surface area contributed by atoms with Crippen LogP contribution in [-0.2, 0) is 23.2 Å². The molecule has 0 unspecified atom stereocenters. The van der Waals surface area contributed by atoms with Crippen molar-refractivity contribution in [2.75, 3.05) is 17.7 Å². The Morgan fingerprint density at radius 2 is 1.85 bits per heavy atom. The molecule has 3 aromatic rings. The number of aromatic nitrogens is 1. The summed E-state index contributed by atoms with van der Waals surface area (Å²) < 4.78 is 12.4. The summed E-state index contributed by atoms with van der Waals surface area (Å²) in [7, 11) is 2.93. The van der Waals surface area contributed by atoms with Crippen LogP contribution in [0.2, 0.25) is 0 Å². The van der Waals surface area contributed by atoms with Gasteiger partial charge in [0, 0.05) is 28.5 Å². The first-order valence-electron chi connectivity index (χ1n) is 20.5. The van der Waals surface area contributed by atoms with Crippen LogP contribution in [0, 0.1) is 17.3 Å². The summed E-state index contributed by atoms with van der Waals surface area (Å²) in [5, 5.41) is 73.0. The molecule has 1 saturated heterocycles. The van der Waals surface area contributed by atoms with E-state index >= 15 is 4.79 Å². The SMILES string of the molecule is O=C1c2cccc3c2C(=O)[C@]2(CSS[C@H]4Nc5nccc6c5C5=C4CC=C5[C@@H]4CCC[C@]64C[C@]4(O)[C@H](O)[C@@H](CO)O[C@@H](O3)[C@@H]4O)C(O)=CC(Cc3cccc(CO)c3)=C[C@H]12. The number of nitrogens with zero attached hydrogens (tertiary/aromatic N) is 1. The molecule has 5 heterocycles. The van der Waals surface area contributed by atoms with E-state index in [1.54, 1.807) is 30.5 Å². The van der Waals surface area contributed by atoms with E-state index in [0.717, 1.165) is 51.8 Å². The number of allylic oxidation sites excluding steroid dienone is 7. The van der Waals surface area contributed by atoms with Gasteiger partial charge in [-0.1, -0.05) is 76.6 Å². The number of aliphatic hydroxyl groups is 6. The number of hydrogen-bond acceptors (Lipinski definition) is 14. The van der Waals surface area contributed by atoms with Gasteiger partial charge in [-0.2, -0.15) is 0 Å². The second-order valence-corrected chi connectivity index (χ2v) is 20.0. The van der Waals surface area contributed by atoms with E-state index in [4.69, 9.17) is 14.5 Å². The Balaban J connectivity index is 1.08. The standard InChI is InChI=1S/C46H44N2O10S2/c49-18-23-5-1-4-22(14-23)15-24-16-30-37(52)26-6-2-8-31-35(26)39(54)45(30,33(51)17-24)21-59-60-42-27-10-9-25-28-7-3-12-44(28,29-11-13-47-41(48-42)36(29)34(25)27)20-46(56)38(53)32(19-50)58-43(57-31)40(46)55/h1-2,4-6,8-9,11,13-14,16-17,28,30,32,38,40,42-43,49-51,53,55-56H,3,7,10,12,15,18-21H2,(H,47,48)/t28-,30+,32+,38+,40-,42+,43+,44+,45-,46-/m0/s1. The molecule has 9 aliphatic rings. The number of hydrogen-bond donors (Lipinski definition) is 7. The maximum absolute atomic E-state index is 15.4. The van der Waals surface area contributed by atoms with Gasteiger partial charge in [-0.15, -0.1) is 0 Å². The van der Waals surface area contributed by atoms with Crippen LogP contribution in [-0.4, -0.2) is 95.1 Å². The zero-order chi connectivity index (χ0) is 41.3. The molecule has 310 valence electrons. The molecule has 7 N–H and O–H groups in total. The zero-order valence-corrected chi connectivity index (χ0v) is 34.0. The van der Waals surface area contributed by atoms with Crippen molar-refractivity contribution in [3.05, 3.63) is 129 Å². The van der Waals surface area contributed by atoms with Crippen LogP contribution in [0.1, 0.15) is 75.1 Å². The summed E-state index contributed by atoms with van der Waals surface area (Å²) in [6.45, 7) is -0.840. The van der Waals surface area contributed by atoms with Crippen molar-refractivity contribution in [2.24, 2.45) is 17.3 Å². The monoisotopic (exact) mass is 848 g/mol. The molecule has 0 amide bonds. The van der Waals surface area contributed by atoms with Crippen LogP contribution in [0.25, 0.3) is 5.57 Å². The molecule has 60 heavy (non-hydrogen) atoms. The highest BCUT2D eigenvalue weighted by molar-refractivity contribution is 8.77. The molecular formula is C46H44N2O10S2. The largest absolute Gasteiger partial charge is 0.511 e. The third-order valence-corrected chi connectivity index (χ3v) is 17.2. The molecule has 14 heteroatoms. The summed E-state index contributed by atoms with van der Waals surface area (Å²) in [6, 6.07) is 14.0. The van der Waals surface area contributed by atoms with E-state index in [2.05, 4.69) is 11.4 Å². The summed E-state index contributed by atoms with van der Waals surface area (Å²) in [5.74, 6) is -1.73. The topological polar surface area (TPSA) is 199 Å². The summed E-state index contributed by atoms with van der Waals surface area (Å²) in [6.07, 6.45) is 4.00. The van der Waals surface area contributed by atoms with E-state index in [-0.39, 0.29) is 52.7 Å². The Labute approximate surface area is 353 Å². The van der Waals surface area contributed by atoms with Crippen LogP contribution < -0.4 is 10.1 Å². The number of pyridine rings is 1. The molecular weight excluding hydrogens is 805 g/mol. The number of aliphatic hydroxyl groups excluding tert-OH is 5. The number of benzene rings is 2. The maximum atomic E-state index is 15.4. The number of ketones is 2. The van der Waals surface area contributed by atoms with Gasteiger partial charge >= 0.3 is 0 Å². The van der Waals surface area contributed by atoms with Crippen molar-refractivity contribution in [1.29, 1.82) is 0 Å². The van der Waals surface area contributed by atoms with Crippen LogP contribution in [0.3, 0.4) is 0 Å². The van der Waals surface area contributed by atoms with Crippen molar-refractivity contribution in [3.63, 3.8) is 0 Å². The number of carbonyl (C=O) groups excluding carboxylic acids is 2. The molecule has 0 radical (unpaired) electrons. The van der Waals surface area contributed by atoms with E-state index in [1.165, 1.54) is 27.7 Å². The van der Waals surface area contributed by atoms with E-state index in [1.807, 2.05) is 30.3 Å². The number of rotatable bonds is 4. The van der Waals surface area contributed by atoms with Crippen LogP contribution in [0.4, 0.5) is 5.82 Å². The molecule has 4 aliphatic heterocycles. The van der Waals surface area contributed by atoms with Crippen molar-refractivity contribution in [2.45, 2.75) is 86.1 Å². The molecule has 12 nitrogen and oxygen atoms in total. The first-order chi connectivity index (χ1) is 29.0. The molecule has 12 bridgehead atoms. The molecule has 5 aliphatic carbocycles. The second kappa shape index (κ2) is 13.9. The lowest BCUT2D eigenvalue weighted by molar-refractivity contribution is -0.318. The molecule has 1 saturated carbocycles. The Morgan fingerprint density at radius 3 is 2.68 bits per heavy atom. The van der Waals surface area contributed by atoms with Gasteiger partial charge in [0.25, 0.3) is 0 Å². The van der Waals surface area contributed by atoms with Crippen molar-refractivity contribution in [1.82, 2.24) is 4.98 Å². The number of nitrogens with one attached hydrogen (secondary N) is 1. The third-order valence-electron chi connectivity index (χ3n) is 14.5. The van der Waals surface area contributed by atoms with Gasteiger partial charge in [-0.3, -0.25) is 9.59 Å². The fourth-order valence-electron chi connectivity index (χ4n) is 11.8. The van der Waals surface area contributed by atoms with E-state index in [0.29, 0.717) is 30.7 Å². The first-order valence-corrected chi connectivity index (χ1v) is 22.9. The fourth-order valence-corrected chi connectivity index (χ4v) is 14.8. The Kier molecular flexibility index (Phi) is 8.94. The quantitative estimate of drug-likeness (QED) is 0.171. The highest BCUT2D eigenvalue weighted by atomic mass is 33.1. The average Bonchev–Trinajstić information content (AvgIpc) is 3.89. The molecule has 2 aromatic carbocycles. The highest BCUT2D eigenvalue weighted by Gasteiger charge is 2.64. The Bertz CT molecular complexity index is 2520. The predicted octanol–water partition coefficient (Wildman–Crippen LogP) is 5.10. The Morgan fingerprint density at radius 1 is 1.02 bits per heavy atom. The lowest BCUT2D eigenvalue weighted by Gasteiger charge is -2.54. The molecule has 12 rings (SSSR count). The van der Waals surface area contributed by atoms with E-state index in [9.17, 15) is 35.4 Å². The van der Waals surface area contributed by atoms with Gasteiger partial charge < -0.3 is 45.4 Å². The van der Waals surface area contributed by atoms with Crippen LogP contribution in [0.5, 0.6) is 5.75 Å². The van der Waals surface area contributed by atoms with E-state index < -0.39 is 65.1 Å². The Hall–Kier alpha value is -4.25. The maximum Gasteiger partial charge on any atom is 0.229 e. The van der Waals surface area contributed by atoms with Gasteiger partial charge in [-0.25, -0.2) is 4.98 Å². The molecule has 2 fully saturated rings. The fraction of sp³-hybridized carbons (Fsp3) is 0.413. The van der Waals surface area contributed by atoms with Crippen LogP contribution >= 0.6 is 21.6 Å². The van der Waals surface area contributed by atoms with Crippen molar-refractivity contribution < 1.29 is 49.7 Å². The van der Waals surface area contributed by atoms with Crippen molar-refractivity contribution >= 4 is 44.5 Å². The number of Topliss-reactive ketones (excluding diaryl/α,β-unsaturated/α-hetero) is 2. The number of anilines is 1. The van der Waals surface area contributed by atoms with Gasteiger partial charge in [-0.05, 0) is 95.2 Å².